The van der Waals surface area contributed by atoms with E-state index in [1.807, 2.05) is 25.8 Å². The third-order valence-corrected chi connectivity index (χ3v) is 5.80. The summed E-state index contributed by atoms with van der Waals surface area (Å²) < 4.78 is 18.9. The maximum atomic E-state index is 13.0. The highest BCUT2D eigenvalue weighted by atomic mass is 19.1. The van der Waals surface area contributed by atoms with E-state index < -0.39 is 0 Å². The van der Waals surface area contributed by atoms with E-state index in [1.54, 1.807) is 24.1 Å². The minimum atomic E-state index is -0.259. The second-order valence-electron chi connectivity index (χ2n) is 7.82. The number of aryl methyl sites for hydroxylation is 1. The average Bonchev–Trinajstić information content (AvgIpc) is 2.64. The first-order valence-corrected chi connectivity index (χ1v) is 9.63. The zero-order valence-corrected chi connectivity index (χ0v) is 16.6. The number of rotatable bonds is 4. The fourth-order valence-electron chi connectivity index (χ4n) is 3.98. The molecule has 1 saturated carbocycles. The molecule has 1 fully saturated rings. The topological polar surface area (TPSA) is 58.6 Å². The molecule has 0 N–H and O–H groups in total. The van der Waals surface area contributed by atoms with Crippen LogP contribution in [0.4, 0.5) is 15.9 Å². The van der Waals surface area contributed by atoms with E-state index in [0.29, 0.717) is 11.7 Å². The highest BCUT2D eigenvalue weighted by molar-refractivity contribution is 6.04. The summed E-state index contributed by atoms with van der Waals surface area (Å²) in [6.07, 6.45) is 2.81. The van der Waals surface area contributed by atoms with Crippen molar-refractivity contribution in [2.75, 3.05) is 23.9 Å². The normalized spacial score (nSPS) is 24.0. The summed E-state index contributed by atoms with van der Waals surface area (Å²) in [5, 5.41) is 0. The number of aromatic nitrogens is 2. The van der Waals surface area contributed by atoms with Gasteiger partial charge in [-0.1, -0.05) is 0 Å². The van der Waals surface area contributed by atoms with Crippen molar-refractivity contribution in [3.05, 3.63) is 41.6 Å². The van der Waals surface area contributed by atoms with Crippen molar-refractivity contribution in [3.63, 3.8) is 0 Å². The molecule has 0 bridgehead atoms. The second-order valence-corrected chi connectivity index (χ2v) is 7.82. The standard InChI is InChI=1S/C21H25FN4O2/c1-12-19-20(25(3)13(2)21(27)26(19)4)24-18(23-12)11-14-9-17(10-14)28-16-7-5-15(22)6-8-16/h5-8,13-14,17H,9-11H2,1-4H3/t13-,14?,17?/m0/s1. The molecular formula is C21H25FN4O2. The molecule has 1 atom stereocenters. The summed E-state index contributed by atoms with van der Waals surface area (Å²) in [5.41, 5.74) is 1.62. The van der Waals surface area contributed by atoms with Gasteiger partial charge in [0.1, 0.15) is 29.1 Å². The van der Waals surface area contributed by atoms with Crippen LogP contribution in [0.1, 0.15) is 31.3 Å². The summed E-state index contributed by atoms with van der Waals surface area (Å²) in [6, 6.07) is 5.90. The number of fused-ring (bicyclic) bond motifs is 1. The Morgan fingerprint density at radius 2 is 1.86 bits per heavy atom. The van der Waals surface area contributed by atoms with Gasteiger partial charge in [-0.05, 0) is 56.9 Å². The van der Waals surface area contributed by atoms with Crippen LogP contribution in [0.15, 0.2) is 24.3 Å². The molecule has 6 nitrogen and oxygen atoms in total. The van der Waals surface area contributed by atoms with Crippen molar-refractivity contribution < 1.29 is 13.9 Å². The zero-order chi connectivity index (χ0) is 20.0. The summed E-state index contributed by atoms with van der Waals surface area (Å²) in [7, 11) is 3.69. The number of halogens is 1. The monoisotopic (exact) mass is 384 g/mol. The lowest BCUT2D eigenvalue weighted by Gasteiger charge is -2.38. The Balaban J connectivity index is 1.42. The predicted molar refractivity (Wildman–Crippen MR) is 105 cm³/mol. The average molecular weight is 384 g/mol. The fourth-order valence-corrected chi connectivity index (χ4v) is 3.98. The molecule has 2 heterocycles. The smallest absolute Gasteiger partial charge is 0.249 e. The molecule has 1 aromatic carbocycles. The van der Waals surface area contributed by atoms with Crippen LogP contribution in [-0.2, 0) is 11.2 Å². The molecule has 0 spiro atoms. The first-order chi connectivity index (χ1) is 13.3. The van der Waals surface area contributed by atoms with Crippen molar-refractivity contribution in [3.8, 4) is 5.75 Å². The number of carbonyl (C=O) groups excluding carboxylic acids is 1. The van der Waals surface area contributed by atoms with Crippen LogP contribution >= 0.6 is 0 Å². The lowest BCUT2D eigenvalue weighted by molar-refractivity contribution is -0.119. The summed E-state index contributed by atoms with van der Waals surface area (Å²) in [6.45, 7) is 3.82. The van der Waals surface area contributed by atoms with Crippen LogP contribution in [-0.4, -0.2) is 42.1 Å². The molecular weight excluding hydrogens is 359 g/mol. The van der Waals surface area contributed by atoms with E-state index in [9.17, 15) is 9.18 Å². The number of benzene rings is 1. The van der Waals surface area contributed by atoms with Gasteiger partial charge in [0.15, 0.2) is 5.82 Å². The van der Waals surface area contributed by atoms with Gasteiger partial charge in [0.25, 0.3) is 0 Å². The van der Waals surface area contributed by atoms with Gasteiger partial charge < -0.3 is 14.5 Å². The molecule has 2 aliphatic rings. The third-order valence-electron chi connectivity index (χ3n) is 5.80. The zero-order valence-electron chi connectivity index (χ0n) is 16.6. The molecule has 28 heavy (non-hydrogen) atoms. The Morgan fingerprint density at radius 1 is 1.18 bits per heavy atom. The molecule has 2 aromatic rings. The summed E-state index contributed by atoms with van der Waals surface area (Å²) >= 11 is 0. The highest BCUT2D eigenvalue weighted by Crippen LogP contribution is 2.37. The van der Waals surface area contributed by atoms with Crippen LogP contribution < -0.4 is 14.5 Å². The highest BCUT2D eigenvalue weighted by Gasteiger charge is 2.36. The Labute approximate surface area is 164 Å². The molecule has 7 heteroatoms. The van der Waals surface area contributed by atoms with Gasteiger partial charge in [-0.25, -0.2) is 14.4 Å². The number of likely N-dealkylation sites (N-methyl/N-ethyl adjacent to an activating group) is 2. The number of amides is 1. The number of hydrogen-bond acceptors (Lipinski definition) is 5. The number of anilines is 2. The molecule has 0 radical (unpaired) electrons. The Hall–Kier alpha value is -2.70. The van der Waals surface area contributed by atoms with Crippen molar-refractivity contribution in [1.82, 2.24) is 9.97 Å². The Bertz CT molecular complexity index is 896. The minimum absolute atomic E-state index is 0.0502. The number of hydrogen-bond donors (Lipinski definition) is 0. The van der Waals surface area contributed by atoms with E-state index in [4.69, 9.17) is 9.72 Å². The first-order valence-electron chi connectivity index (χ1n) is 9.63. The van der Waals surface area contributed by atoms with Crippen LogP contribution in [0.3, 0.4) is 0 Å². The molecule has 4 rings (SSSR count). The minimum Gasteiger partial charge on any atom is -0.490 e. The quantitative estimate of drug-likeness (QED) is 0.811. The Kier molecular flexibility index (Phi) is 4.69. The van der Waals surface area contributed by atoms with Gasteiger partial charge in [0.2, 0.25) is 5.91 Å². The molecule has 0 saturated heterocycles. The molecule has 1 aliphatic carbocycles. The number of nitrogens with zero attached hydrogens (tertiary/aromatic N) is 4. The van der Waals surface area contributed by atoms with E-state index in [0.717, 1.165) is 42.3 Å². The molecule has 1 amide bonds. The van der Waals surface area contributed by atoms with Gasteiger partial charge in [-0.2, -0.15) is 0 Å². The van der Waals surface area contributed by atoms with E-state index >= 15 is 0 Å². The van der Waals surface area contributed by atoms with Crippen molar-refractivity contribution in [2.24, 2.45) is 5.92 Å². The largest absolute Gasteiger partial charge is 0.490 e. The van der Waals surface area contributed by atoms with Crippen LogP contribution in [0, 0.1) is 18.7 Å². The lowest BCUT2D eigenvalue weighted by Crippen LogP contribution is -2.50. The SMILES string of the molecule is Cc1nc(CC2CC(Oc3ccc(F)cc3)C2)nc2c1N(C)C(=O)[C@H](C)N2C. The summed E-state index contributed by atoms with van der Waals surface area (Å²) in [4.78, 5) is 25.4. The molecule has 1 aliphatic heterocycles. The molecule has 1 aromatic heterocycles. The third kappa shape index (κ3) is 3.30. The Morgan fingerprint density at radius 3 is 2.54 bits per heavy atom. The lowest BCUT2D eigenvalue weighted by atomic mass is 9.80. The van der Waals surface area contributed by atoms with Crippen molar-refractivity contribution in [1.29, 1.82) is 0 Å². The fraction of sp³-hybridized carbons (Fsp3) is 0.476. The van der Waals surface area contributed by atoms with E-state index in [1.165, 1.54) is 12.1 Å². The van der Waals surface area contributed by atoms with Gasteiger partial charge in [0, 0.05) is 20.5 Å². The first kappa shape index (κ1) is 18.7. The molecule has 0 unspecified atom stereocenters. The van der Waals surface area contributed by atoms with Crippen LogP contribution in [0.2, 0.25) is 0 Å². The number of carbonyl (C=O) groups is 1. The van der Waals surface area contributed by atoms with Gasteiger partial charge >= 0.3 is 0 Å². The van der Waals surface area contributed by atoms with Crippen LogP contribution in [0.25, 0.3) is 0 Å². The maximum absolute atomic E-state index is 13.0. The van der Waals surface area contributed by atoms with E-state index in [-0.39, 0.29) is 23.9 Å². The van der Waals surface area contributed by atoms with Gasteiger partial charge in [-0.15, -0.1) is 0 Å². The van der Waals surface area contributed by atoms with Crippen molar-refractivity contribution in [2.45, 2.75) is 45.3 Å². The van der Waals surface area contributed by atoms with E-state index in [2.05, 4.69) is 4.98 Å². The maximum Gasteiger partial charge on any atom is 0.249 e. The predicted octanol–water partition coefficient (Wildman–Crippen LogP) is 3.13. The molecule has 148 valence electrons. The number of ether oxygens (including phenoxy) is 1. The van der Waals surface area contributed by atoms with Gasteiger partial charge in [-0.3, -0.25) is 4.79 Å². The van der Waals surface area contributed by atoms with Crippen LogP contribution in [0.5, 0.6) is 5.75 Å². The van der Waals surface area contributed by atoms with Crippen molar-refractivity contribution >= 4 is 17.4 Å². The summed E-state index contributed by atoms with van der Waals surface area (Å²) in [5.74, 6) is 2.58. The van der Waals surface area contributed by atoms with Gasteiger partial charge in [0.05, 0.1) is 11.8 Å². The second kappa shape index (κ2) is 7.04.